The molecule has 0 bridgehead atoms. The molecule has 0 atom stereocenters. The van der Waals surface area contributed by atoms with Gasteiger partial charge in [-0.25, -0.2) is 0 Å². The van der Waals surface area contributed by atoms with Crippen LogP contribution in [0, 0.1) is 6.92 Å². The van der Waals surface area contributed by atoms with E-state index in [0.717, 1.165) is 21.2 Å². The van der Waals surface area contributed by atoms with Gasteiger partial charge in [0.15, 0.2) is 0 Å². The average molecular weight is 229 g/mol. The maximum Gasteiger partial charge on any atom is 0.0740 e. The molecule has 0 radical (unpaired) electrons. The quantitative estimate of drug-likeness (QED) is 0.667. The van der Waals surface area contributed by atoms with Crippen LogP contribution in [-0.2, 0) is 0 Å². The zero-order chi connectivity index (χ0) is 10.3. The van der Waals surface area contributed by atoms with Gasteiger partial charge in [-0.05, 0) is 24.6 Å². The lowest BCUT2D eigenvalue weighted by atomic mass is 10.2. The first-order valence-electron chi connectivity index (χ1n) is 4.29. The normalized spacial score (nSPS) is 18.4. The van der Waals surface area contributed by atoms with Gasteiger partial charge in [-0.2, -0.15) is 0 Å². The first-order chi connectivity index (χ1) is 6.50. The predicted molar refractivity (Wildman–Crippen MR) is 67.9 cm³/mol. The van der Waals surface area contributed by atoms with Gasteiger partial charge in [0.2, 0.25) is 0 Å². The van der Waals surface area contributed by atoms with Crippen LogP contribution in [-0.4, -0.2) is 18.4 Å². The third-order valence-corrected chi connectivity index (χ3v) is 4.59. The van der Waals surface area contributed by atoms with Crippen molar-refractivity contribution in [3.8, 4) is 0 Å². The van der Waals surface area contributed by atoms with E-state index in [1.54, 1.807) is 0 Å². The molecule has 0 saturated heterocycles. The van der Waals surface area contributed by atoms with Crippen molar-refractivity contribution in [1.82, 2.24) is 4.72 Å². The van der Waals surface area contributed by atoms with E-state index in [9.17, 15) is 0 Å². The molecule has 1 aliphatic rings. The highest BCUT2D eigenvalue weighted by atomic mass is 35.5. The molecule has 0 spiro atoms. The molecule has 76 valence electrons. The minimum Gasteiger partial charge on any atom is -0.371 e. The second-order valence-electron chi connectivity index (χ2n) is 3.48. The second-order valence-corrected chi connectivity index (χ2v) is 6.38. The van der Waals surface area contributed by atoms with Crippen molar-refractivity contribution in [2.24, 2.45) is 0 Å². The molecule has 0 aliphatic carbocycles. The first-order valence-corrected chi connectivity index (χ1v) is 6.64. The fourth-order valence-electron chi connectivity index (χ4n) is 1.46. The van der Waals surface area contributed by atoms with Crippen molar-refractivity contribution < 1.29 is 0 Å². The summed E-state index contributed by atoms with van der Waals surface area (Å²) in [5, 5.41) is 4.02. The molecule has 2 rings (SSSR count). The van der Waals surface area contributed by atoms with Crippen molar-refractivity contribution in [3.63, 3.8) is 0 Å². The zero-order valence-corrected chi connectivity index (χ0v) is 9.63. The van der Waals surface area contributed by atoms with Gasteiger partial charge in [-0.15, -0.1) is 9.39 Å². The summed E-state index contributed by atoms with van der Waals surface area (Å²) in [5.74, 6) is 8.24. The predicted octanol–water partition coefficient (Wildman–Crippen LogP) is 2.56. The third-order valence-electron chi connectivity index (χ3n) is 2.31. The highest BCUT2D eigenvalue weighted by Gasteiger charge is 2.14. The Balaban J connectivity index is 2.71. The van der Waals surface area contributed by atoms with Crippen molar-refractivity contribution in [2.45, 2.75) is 11.8 Å². The largest absolute Gasteiger partial charge is 0.371 e. The molecule has 0 aromatic heterocycles. The number of halogens is 1. The summed E-state index contributed by atoms with van der Waals surface area (Å²) in [7, 11) is -1.35. The van der Waals surface area contributed by atoms with Crippen LogP contribution < -0.4 is 10.0 Å². The molecule has 0 unspecified atom stereocenters. The maximum absolute atomic E-state index is 6.05. The zero-order valence-electron chi connectivity index (χ0n) is 8.06. The Labute approximate surface area is 89.9 Å². The second kappa shape index (κ2) is 3.19. The van der Waals surface area contributed by atoms with E-state index in [1.807, 2.05) is 13.0 Å². The smallest absolute Gasteiger partial charge is 0.0740 e. The van der Waals surface area contributed by atoms with Gasteiger partial charge >= 0.3 is 0 Å². The van der Waals surface area contributed by atoms with E-state index in [4.69, 9.17) is 11.6 Å². The van der Waals surface area contributed by atoms with Crippen LogP contribution in [0.25, 0.3) is 0 Å². The van der Waals surface area contributed by atoms with Gasteiger partial charge in [-0.1, -0.05) is 23.3 Å². The van der Waals surface area contributed by atoms with E-state index in [2.05, 4.69) is 27.8 Å². The molecule has 1 aromatic carbocycles. The van der Waals surface area contributed by atoms with Crippen LogP contribution in [0.15, 0.2) is 17.0 Å². The highest BCUT2D eigenvalue weighted by Crippen LogP contribution is 2.39. The topological polar surface area (TPSA) is 24.1 Å². The van der Waals surface area contributed by atoms with E-state index in [1.165, 1.54) is 0 Å². The molecular formula is C10H13ClN2S. The fourth-order valence-corrected chi connectivity index (χ4v) is 3.09. The maximum atomic E-state index is 6.05. The van der Waals surface area contributed by atoms with E-state index in [-0.39, 0.29) is 0 Å². The van der Waals surface area contributed by atoms with Gasteiger partial charge in [-0.3, -0.25) is 4.72 Å². The molecular weight excluding hydrogens is 216 g/mol. The summed E-state index contributed by atoms with van der Waals surface area (Å²) >= 11 is 6.05. The SMILES string of the molecule is C=S1(=C)NCNc2cc(Cl)c(C)cc21. The Kier molecular flexibility index (Phi) is 2.26. The lowest BCUT2D eigenvalue weighted by Crippen LogP contribution is -2.24. The summed E-state index contributed by atoms with van der Waals surface area (Å²) in [4.78, 5) is 1.14. The molecule has 4 heteroatoms. The van der Waals surface area contributed by atoms with E-state index >= 15 is 0 Å². The molecule has 2 nitrogen and oxygen atoms in total. The summed E-state index contributed by atoms with van der Waals surface area (Å²) in [6, 6.07) is 4.01. The Morgan fingerprint density at radius 3 is 2.86 bits per heavy atom. The molecule has 1 aliphatic heterocycles. The third kappa shape index (κ3) is 1.52. The Morgan fingerprint density at radius 1 is 1.43 bits per heavy atom. The minimum absolute atomic E-state index is 0.703. The van der Waals surface area contributed by atoms with Gasteiger partial charge in [0.1, 0.15) is 0 Å². The summed E-state index contributed by atoms with van der Waals surface area (Å²) < 4.78 is 3.27. The summed E-state index contributed by atoms with van der Waals surface area (Å²) in [6.45, 7) is 2.70. The van der Waals surface area contributed by atoms with Crippen molar-refractivity contribution >= 4 is 38.4 Å². The van der Waals surface area contributed by atoms with Gasteiger partial charge in [0.05, 0.1) is 12.4 Å². The van der Waals surface area contributed by atoms with Gasteiger partial charge in [0.25, 0.3) is 0 Å². The summed E-state index contributed by atoms with van der Waals surface area (Å²) in [5.41, 5.74) is 2.12. The Morgan fingerprint density at radius 2 is 2.14 bits per heavy atom. The molecule has 1 aromatic rings. The minimum atomic E-state index is -1.35. The number of hydrogen-bond acceptors (Lipinski definition) is 2. The van der Waals surface area contributed by atoms with Crippen LogP contribution in [0.4, 0.5) is 5.69 Å². The lowest BCUT2D eigenvalue weighted by Gasteiger charge is -2.27. The van der Waals surface area contributed by atoms with E-state index in [0.29, 0.717) is 6.67 Å². The fraction of sp³-hybridized carbons (Fsp3) is 0.200. The van der Waals surface area contributed by atoms with Gasteiger partial charge in [0, 0.05) is 9.92 Å². The number of hydrogen-bond donors (Lipinski definition) is 2. The molecule has 2 N–H and O–H groups in total. The van der Waals surface area contributed by atoms with Crippen LogP contribution in [0.3, 0.4) is 0 Å². The number of aryl methyl sites for hydroxylation is 1. The van der Waals surface area contributed by atoms with Crippen LogP contribution in [0.5, 0.6) is 0 Å². The monoisotopic (exact) mass is 228 g/mol. The summed E-state index contributed by atoms with van der Waals surface area (Å²) in [6.07, 6.45) is 0. The number of benzene rings is 1. The lowest BCUT2D eigenvalue weighted by molar-refractivity contribution is 1.01. The highest BCUT2D eigenvalue weighted by molar-refractivity contribution is 8.26. The van der Waals surface area contributed by atoms with Gasteiger partial charge < -0.3 is 5.32 Å². The van der Waals surface area contributed by atoms with Crippen LogP contribution in [0.2, 0.25) is 5.02 Å². The molecule has 0 saturated carbocycles. The van der Waals surface area contributed by atoms with Crippen molar-refractivity contribution in [1.29, 1.82) is 0 Å². The number of fused-ring (bicyclic) bond motifs is 1. The Bertz CT molecular complexity index is 477. The molecule has 0 amide bonds. The number of nitrogens with one attached hydrogen (secondary N) is 2. The average Bonchev–Trinajstić information content (AvgIpc) is 2.08. The van der Waals surface area contributed by atoms with Crippen LogP contribution in [0.1, 0.15) is 5.56 Å². The molecule has 14 heavy (non-hydrogen) atoms. The Hall–Kier alpha value is -0.640. The van der Waals surface area contributed by atoms with E-state index < -0.39 is 9.39 Å². The molecule has 1 heterocycles. The standard InChI is InChI=1S/C10H13ClN2S/c1-7-4-10-9(5-8(7)11)12-6-13-14(10,2)3/h4-5,12-13H,2-3,6H2,1H3. The van der Waals surface area contributed by atoms with Crippen LogP contribution >= 0.6 is 21.0 Å². The van der Waals surface area contributed by atoms with Crippen molar-refractivity contribution in [3.05, 3.63) is 22.7 Å². The first kappa shape index (κ1) is 9.90. The molecule has 0 fully saturated rings. The van der Waals surface area contributed by atoms with Crippen molar-refractivity contribution in [2.75, 3.05) is 12.0 Å². The number of rotatable bonds is 0. The number of anilines is 1.